The van der Waals surface area contributed by atoms with Crippen LogP contribution >= 0.6 is 0 Å². The van der Waals surface area contributed by atoms with Crippen LogP contribution < -0.4 is 0 Å². The summed E-state index contributed by atoms with van der Waals surface area (Å²) in [7, 11) is -3.40. The molecule has 1 N–H and O–H groups in total. The number of nitrogens with zero attached hydrogens (tertiary/aromatic N) is 1. The third-order valence-corrected chi connectivity index (χ3v) is 5.85. The number of carboxylic acids is 1. The first kappa shape index (κ1) is 17.9. The third-order valence-electron chi connectivity index (χ3n) is 3.93. The molecule has 23 heavy (non-hydrogen) atoms. The highest BCUT2D eigenvalue weighted by atomic mass is 32.2. The molecule has 0 saturated carbocycles. The molecule has 0 amide bonds. The molecule has 1 aromatic carbocycles. The van der Waals surface area contributed by atoms with Crippen molar-refractivity contribution in [2.45, 2.75) is 25.9 Å². The van der Waals surface area contributed by atoms with Gasteiger partial charge < -0.3 is 9.84 Å². The van der Waals surface area contributed by atoms with Gasteiger partial charge in [-0.25, -0.2) is 12.7 Å². The van der Waals surface area contributed by atoms with Gasteiger partial charge in [-0.15, -0.1) is 0 Å². The van der Waals surface area contributed by atoms with Gasteiger partial charge in [0.1, 0.15) is 0 Å². The van der Waals surface area contributed by atoms with E-state index < -0.39 is 21.9 Å². The minimum atomic E-state index is -3.40. The van der Waals surface area contributed by atoms with Crippen molar-refractivity contribution in [2.24, 2.45) is 5.92 Å². The first-order valence-corrected chi connectivity index (χ1v) is 9.42. The van der Waals surface area contributed by atoms with Gasteiger partial charge in [0.25, 0.3) is 0 Å². The van der Waals surface area contributed by atoms with Crippen molar-refractivity contribution in [3.63, 3.8) is 0 Å². The van der Waals surface area contributed by atoms with E-state index in [9.17, 15) is 13.2 Å². The molecule has 1 atom stereocenters. The number of hydrogen-bond donors (Lipinski definition) is 1. The summed E-state index contributed by atoms with van der Waals surface area (Å²) in [6.45, 7) is 1.33. The van der Waals surface area contributed by atoms with Crippen LogP contribution in [-0.2, 0) is 26.2 Å². The fourth-order valence-corrected chi connectivity index (χ4v) is 4.19. The Balaban J connectivity index is 1.72. The van der Waals surface area contributed by atoms with Gasteiger partial charge in [0.05, 0.1) is 18.3 Å². The van der Waals surface area contributed by atoms with Crippen LogP contribution in [0.3, 0.4) is 0 Å². The molecule has 6 nitrogen and oxygen atoms in total. The maximum atomic E-state index is 12.3. The first-order chi connectivity index (χ1) is 11.0. The van der Waals surface area contributed by atoms with E-state index in [-0.39, 0.29) is 12.3 Å². The third kappa shape index (κ3) is 5.60. The molecule has 0 spiro atoms. The minimum Gasteiger partial charge on any atom is -0.481 e. The molecule has 128 valence electrons. The number of benzene rings is 1. The molecule has 2 rings (SSSR count). The molecular weight excluding hydrogens is 318 g/mol. The van der Waals surface area contributed by atoms with Crippen LogP contribution in [0.5, 0.6) is 0 Å². The molecular formula is C16H23NO5S. The second kappa shape index (κ2) is 8.42. The number of sulfonamides is 1. The van der Waals surface area contributed by atoms with Gasteiger partial charge in [-0.2, -0.15) is 0 Å². The standard InChI is InChI=1S/C16H23NO5S/c18-16(19)15-8-4-9-17(12-15)23(20,21)11-5-10-22-13-14-6-2-1-3-7-14/h1-3,6-7,15H,4-5,8-13H2,(H,18,19). The van der Waals surface area contributed by atoms with E-state index in [1.807, 2.05) is 30.3 Å². The summed E-state index contributed by atoms with van der Waals surface area (Å²) in [5, 5.41) is 9.03. The van der Waals surface area contributed by atoms with Crippen LogP contribution in [0.15, 0.2) is 30.3 Å². The number of rotatable bonds is 8. The lowest BCUT2D eigenvalue weighted by Crippen LogP contribution is -2.43. The maximum Gasteiger partial charge on any atom is 0.307 e. The lowest BCUT2D eigenvalue weighted by molar-refractivity contribution is -0.142. The predicted molar refractivity (Wildman–Crippen MR) is 86.4 cm³/mol. The topological polar surface area (TPSA) is 83.9 Å². The second-order valence-electron chi connectivity index (χ2n) is 5.74. The molecule has 0 radical (unpaired) electrons. The van der Waals surface area contributed by atoms with Crippen LogP contribution in [0.4, 0.5) is 0 Å². The van der Waals surface area contributed by atoms with Gasteiger partial charge in [-0.3, -0.25) is 4.79 Å². The van der Waals surface area contributed by atoms with Crippen molar-refractivity contribution in [1.29, 1.82) is 0 Å². The predicted octanol–water partition coefficient (Wildman–Crippen LogP) is 1.72. The molecule has 1 saturated heterocycles. The van der Waals surface area contributed by atoms with Crippen LogP contribution in [0.2, 0.25) is 0 Å². The fraction of sp³-hybridized carbons (Fsp3) is 0.562. The lowest BCUT2D eigenvalue weighted by atomic mass is 10.0. The number of hydrogen-bond acceptors (Lipinski definition) is 4. The summed E-state index contributed by atoms with van der Waals surface area (Å²) in [5.41, 5.74) is 1.05. The maximum absolute atomic E-state index is 12.3. The zero-order chi connectivity index (χ0) is 16.7. The van der Waals surface area contributed by atoms with E-state index in [1.54, 1.807) is 0 Å². The van der Waals surface area contributed by atoms with E-state index in [2.05, 4.69) is 0 Å². The van der Waals surface area contributed by atoms with Gasteiger partial charge in [0, 0.05) is 19.7 Å². The number of piperidine rings is 1. The van der Waals surface area contributed by atoms with E-state index in [4.69, 9.17) is 9.84 Å². The number of ether oxygens (including phenoxy) is 1. The highest BCUT2D eigenvalue weighted by Gasteiger charge is 2.31. The highest BCUT2D eigenvalue weighted by Crippen LogP contribution is 2.20. The zero-order valence-corrected chi connectivity index (χ0v) is 13.9. The van der Waals surface area contributed by atoms with Crippen molar-refractivity contribution in [3.8, 4) is 0 Å². The molecule has 0 aromatic heterocycles. The number of aliphatic carboxylic acids is 1. The van der Waals surface area contributed by atoms with Gasteiger partial charge in [-0.05, 0) is 24.8 Å². The van der Waals surface area contributed by atoms with Crippen LogP contribution in [0, 0.1) is 5.92 Å². The van der Waals surface area contributed by atoms with E-state index >= 15 is 0 Å². The smallest absolute Gasteiger partial charge is 0.307 e. The van der Waals surface area contributed by atoms with Crippen molar-refractivity contribution < 1.29 is 23.1 Å². The molecule has 1 heterocycles. The summed E-state index contributed by atoms with van der Waals surface area (Å²) in [5.74, 6) is -1.52. The normalized spacial score (nSPS) is 19.6. The lowest BCUT2D eigenvalue weighted by Gasteiger charge is -2.29. The fourth-order valence-electron chi connectivity index (χ4n) is 2.63. The quantitative estimate of drug-likeness (QED) is 0.728. The van der Waals surface area contributed by atoms with Gasteiger partial charge in [-0.1, -0.05) is 30.3 Å². The Hall–Kier alpha value is -1.44. The van der Waals surface area contributed by atoms with Crippen molar-refractivity contribution in [2.75, 3.05) is 25.4 Å². The summed E-state index contributed by atoms with van der Waals surface area (Å²) >= 11 is 0. The zero-order valence-electron chi connectivity index (χ0n) is 13.1. The Morgan fingerprint density at radius 2 is 2.04 bits per heavy atom. The van der Waals surface area contributed by atoms with Crippen molar-refractivity contribution in [1.82, 2.24) is 4.31 Å². The number of carbonyl (C=O) groups is 1. The van der Waals surface area contributed by atoms with Gasteiger partial charge in [0.2, 0.25) is 10.0 Å². The highest BCUT2D eigenvalue weighted by molar-refractivity contribution is 7.89. The summed E-state index contributed by atoms with van der Waals surface area (Å²) in [4.78, 5) is 11.0. The molecule has 1 aliphatic heterocycles. The molecule has 1 aromatic rings. The average Bonchev–Trinajstić information content (AvgIpc) is 2.55. The van der Waals surface area contributed by atoms with Crippen LogP contribution in [0.25, 0.3) is 0 Å². The molecule has 0 aliphatic carbocycles. The Labute approximate surface area is 137 Å². The molecule has 1 fully saturated rings. The van der Waals surface area contributed by atoms with E-state index in [0.29, 0.717) is 39.0 Å². The average molecular weight is 341 g/mol. The number of carboxylic acid groups (broad SMARTS) is 1. The Bertz CT molecular complexity index is 602. The summed E-state index contributed by atoms with van der Waals surface area (Å²) < 4.78 is 31.3. The summed E-state index contributed by atoms with van der Waals surface area (Å²) in [6.07, 6.45) is 1.55. The molecule has 1 aliphatic rings. The van der Waals surface area contributed by atoms with Gasteiger partial charge in [0.15, 0.2) is 0 Å². The van der Waals surface area contributed by atoms with E-state index in [1.165, 1.54) is 4.31 Å². The molecule has 7 heteroatoms. The van der Waals surface area contributed by atoms with E-state index in [0.717, 1.165) is 5.56 Å². The van der Waals surface area contributed by atoms with Crippen LogP contribution in [0.1, 0.15) is 24.8 Å². The minimum absolute atomic E-state index is 0.00582. The second-order valence-corrected chi connectivity index (χ2v) is 7.83. The largest absolute Gasteiger partial charge is 0.481 e. The Kier molecular flexibility index (Phi) is 6.56. The molecule has 1 unspecified atom stereocenters. The SMILES string of the molecule is O=C(O)C1CCCN(S(=O)(=O)CCCOCc2ccccc2)C1. The van der Waals surface area contributed by atoms with Crippen molar-refractivity contribution in [3.05, 3.63) is 35.9 Å². The Morgan fingerprint density at radius 1 is 1.30 bits per heavy atom. The van der Waals surface area contributed by atoms with Gasteiger partial charge >= 0.3 is 5.97 Å². The monoisotopic (exact) mass is 341 g/mol. The van der Waals surface area contributed by atoms with Crippen LogP contribution in [-0.4, -0.2) is 49.2 Å². The Morgan fingerprint density at radius 3 is 2.74 bits per heavy atom. The molecule has 0 bridgehead atoms. The van der Waals surface area contributed by atoms with Crippen molar-refractivity contribution >= 4 is 16.0 Å². The first-order valence-electron chi connectivity index (χ1n) is 7.81. The summed E-state index contributed by atoms with van der Waals surface area (Å²) in [6, 6.07) is 9.70.